The Hall–Kier alpha value is -1.51. The van der Waals surface area contributed by atoms with Crippen LogP contribution in [0.4, 0.5) is 0 Å². The molecule has 3 rings (SSSR count). The number of aryl methyl sites for hydroxylation is 1. The van der Waals surface area contributed by atoms with Crippen LogP contribution in [0.25, 0.3) is 0 Å². The molecule has 0 spiro atoms. The molecule has 1 N–H and O–H groups in total. The summed E-state index contributed by atoms with van der Waals surface area (Å²) in [6.07, 6.45) is -0.0897. The van der Waals surface area contributed by atoms with Crippen molar-refractivity contribution < 1.29 is 9.84 Å². The second-order valence-corrected chi connectivity index (χ2v) is 5.39. The maximum absolute atomic E-state index is 10.2. The van der Waals surface area contributed by atoms with E-state index in [-0.39, 0.29) is 6.10 Å². The lowest BCUT2D eigenvalue weighted by molar-refractivity contribution is 0.0657. The molecule has 19 heavy (non-hydrogen) atoms. The summed E-state index contributed by atoms with van der Waals surface area (Å²) in [7, 11) is 0. The van der Waals surface area contributed by atoms with Crippen LogP contribution < -0.4 is 4.74 Å². The summed E-state index contributed by atoms with van der Waals surface area (Å²) in [6.45, 7) is 2.05. The molecule has 0 bridgehead atoms. The van der Waals surface area contributed by atoms with Crippen LogP contribution in [-0.2, 0) is 0 Å². The van der Waals surface area contributed by atoms with E-state index < -0.39 is 6.10 Å². The van der Waals surface area contributed by atoms with Crippen molar-refractivity contribution in [3.8, 4) is 5.75 Å². The first-order valence-electron chi connectivity index (χ1n) is 6.34. The van der Waals surface area contributed by atoms with Gasteiger partial charge >= 0.3 is 0 Å². The van der Waals surface area contributed by atoms with Gasteiger partial charge in [-0.15, -0.1) is 0 Å². The molecule has 1 aliphatic rings. The van der Waals surface area contributed by atoms with E-state index in [2.05, 4.69) is 19.1 Å². The third kappa shape index (κ3) is 2.46. The zero-order valence-electron chi connectivity index (χ0n) is 10.6. The summed E-state index contributed by atoms with van der Waals surface area (Å²) >= 11 is 5.95. The third-order valence-corrected chi connectivity index (χ3v) is 3.69. The molecular formula is C16H15ClO2. The highest BCUT2D eigenvalue weighted by molar-refractivity contribution is 6.30. The Morgan fingerprint density at radius 3 is 2.84 bits per heavy atom. The molecule has 2 aromatic rings. The zero-order chi connectivity index (χ0) is 13.4. The molecule has 2 nitrogen and oxygen atoms in total. The molecule has 2 atom stereocenters. The first-order chi connectivity index (χ1) is 9.13. The van der Waals surface area contributed by atoms with Gasteiger partial charge in [0, 0.05) is 17.0 Å². The van der Waals surface area contributed by atoms with Crippen LogP contribution in [0.3, 0.4) is 0 Å². The van der Waals surface area contributed by atoms with E-state index in [0.29, 0.717) is 11.4 Å². The van der Waals surface area contributed by atoms with E-state index in [4.69, 9.17) is 16.3 Å². The standard InChI is InChI=1S/C16H15ClO2/c1-10-3-2-4-11(7-10)16-9-14(18)13-8-12(17)5-6-15(13)19-16/h2-8,14,16,18H,9H2,1H3/t14-,16?/m0/s1. The fourth-order valence-corrected chi connectivity index (χ4v) is 2.67. The first-order valence-corrected chi connectivity index (χ1v) is 6.72. The number of aliphatic hydroxyl groups excluding tert-OH is 1. The van der Waals surface area contributed by atoms with Crippen LogP contribution in [0.2, 0.25) is 5.02 Å². The van der Waals surface area contributed by atoms with Gasteiger partial charge in [0.1, 0.15) is 11.9 Å². The normalized spacial score (nSPS) is 21.6. The van der Waals surface area contributed by atoms with E-state index in [1.807, 2.05) is 18.2 Å². The molecule has 1 aliphatic heterocycles. The van der Waals surface area contributed by atoms with E-state index in [0.717, 1.165) is 16.9 Å². The van der Waals surface area contributed by atoms with Crippen LogP contribution >= 0.6 is 11.6 Å². The predicted molar refractivity (Wildman–Crippen MR) is 75.6 cm³/mol. The van der Waals surface area contributed by atoms with Gasteiger partial charge in [-0.25, -0.2) is 0 Å². The second kappa shape index (κ2) is 4.87. The molecule has 1 unspecified atom stereocenters. The Kier molecular flexibility index (Phi) is 3.21. The Labute approximate surface area is 117 Å². The van der Waals surface area contributed by atoms with Gasteiger partial charge in [0.15, 0.2) is 0 Å². The minimum absolute atomic E-state index is 0.108. The minimum atomic E-state index is -0.534. The van der Waals surface area contributed by atoms with E-state index >= 15 is 0 Å². The van der Waals surface area contributed by atoms with Crippen molar-refractivity contribution in [2.45, 2.75) is 25.6 Å². The molecule has 0 radical (unpaired) electrons. The fourth-order valence-electron chi connectivity index (χ4n) is 2.49. The lowest BCUT2D eigenvalue weighted by Gasteiger charge is -2.30. The van der Waals surface area contributed by atoms with Crippen LogP contribution in [0.1, 0.15) is 35.3 Å². The Balaban J connectivity index is 1.95. The van der Waals surface area contributed by atoms with Crippen LogP contribution in [0.15, 0.2) is 42.5 Å². The van der Waals surface area contributed by atoms with Crippen LogP contribution in [-0.4, -0.2) is 5.11 Å². The van der Waals surface area contributed by atoms with Gasteiger partial charge in [0.05, 0.1) is 6.10 Å². The van der Waals surface area contributed by atoms with Gasteiger partial charge in [0.2, 0.25) is 0 Å². The number of hydrogen-bond donors (Lipinski definition) is 1. The predicted octanol–water partition coefficient (Wildman–Crippen LogP) is 4.21. The number of hydrogen-bond acceptors (Lipinski definition) is 2. The van der Waals surface area contributed by atoms with Gasteiger partial charge in [-0.05, 0) is 30.7 Å². The van der Waals surface area contributed by atoms with Crippen molar-refractivity contribution in [2.75, 3.05) is 0 Å². The van der Waals surface area contributed by atoms with E-state index in [1.165, 1.54) is 5.56 Å². The summed E-state index contributed by atoms with van der Waals surface area (Å²) < 4.78 is 5.98. The third-order valence-electron chi connectivity index (χ3n) is 3.45. The Morgan fingerprint density at radius 1 is 1.21 bits per heavy atom. The van der Waals surface area contributed by atoms with Crippen LogP contribution in [0, 0.1) is 6.92 Å². The minimum Gasteiger partial charge on any atom is -0.485 e. The average molecular weight is 275 g/mol. The molecule has 0 saturated carbocycles. The maximum Gasteiger partial charge on any atom is 0.127 e. The van der Waals surface area contributed by atoms with Crippen molar-refractivity contribution in [2.24, 2.45) is 0 Å². The molecule has 3 heteroatoms. The maximum atomic E-state index is 10.2. The highest BCUT2D eigenvalue weighted by Gasteiger charge is 2.28. The average Bonchev–Trinajstić information content (AvgIpc) is 2.39. The summed E-state index contributed by atoms with van der Waals surface area (Å²) in [5.41, 5.74) is 3.06. The smallest absolute Gasteiger partial charge is 0.127 e. The molecule has 0 aliphatic carbocycles. The topological polar surface area (TPSA) is 29.5 Å². The van der Waals surface area contributed by atoms with E-state index in [1.54, 1.807) is 12.1 Å². The first kappa shape index (κ1) is 12.5. The molecular weight excluding hydrogens is 260 g/mol. The summed E-state index contributed by atoms with van der Waals surface area (Å²) in [6, 6.07) is 13.6. The van der Waals surface area contributed by atoms with Gasteiger partial charge in [-0.1, -0.05) is 41.4 Å². The number of fused-ring (bicyclic) bond motifs is 1. The molecule has 2 aromatic carbocycles. The number of halogens is 1. The van der Waals surface area contributed by atoms with Gasteiger partial charge in [-0.3, -0.25) is 0 Å². The molecule has 98 valence electrons. The number of ether oxygens (including phenoxy) is 1. The molecule has 0 fully saturated rings. The van der Waals surface area contributed by atoms with Crippen molar-refractivity contribution in [1.82, 2.24) is 0 Å². The molecule has 1 heterocycles. The van der Waals surface area contributed by atoms with E-state index in [9.17, 15) is 5.11 Å². The summed E-state index contributed by atoms with van der Waals surface area (Å²) in [5, 5.41) is 10.9. The van der Waals surface area contributed by atoms with Gasteiger partial charge in [-0.2, -0.15) is 0 Å². The van der Waals surface area contributed by atoms with Gasteiger partial charge in [0.25, 0.3) is 0 Å². The zero-order valence-corrected chi connectivity index (χ0v) is 11.4. The highest BCUT2D eigenvalue weighted by atomic mass is 35.5. The lowest BCUT2D eigenvalue weighted by atomic mass is 9.94. The quantitative estimate of drug-likeness (QED) is 0.844. The molecule has 0 amide bonds. The van der Waals surface area contributed by atoms with Crippen molar-refractivity contribution in [1.29, 1.82) is 0 Å². The largest absolute Gasteiger partial charge is 0.485 e. The SMILES string of the molecule is Cc1cccc(C2C[C@H](O)c3cc(Cl)ccc3O2)c1. The number of rotatable bonds is 1. The summed E-state index contributed by atoms with van der Waals surface area (Å²) in [4.78, 5) is 0. The van der Waals surface area contributed by atoms with Crippen molar-refractivity contribution in [3.63, 3.8) is 0 Å². The van der Waals surface area contributed by atoms with Crippen molar-refractivity contribution >= 4 is 11.6 Å². The lowest BCUT2D eigenvalue weighted by Crippen LogP contribution is -2.19. The highest BCUT2D eigenvalue weighted by Crippen LogP contribution is 2.41. The Morgan fingerprint density at radius 2 is 2.05 bits per heavy atom. The second-order valence-electron chi connectivity index (χ2n) is 4.95. The fraction of sp³-hybridized carbons (Fsp3) is 0.250. The van der Waals surface area contributed by atoms with Crippen molar-refractivity contribution in [3.05, 3.63) is 64.2 Å². The Bertz CT molecular complexity index is 609. The van der Waals surface area contributed by atoms with Crippen LogP contribution in [0.5, 0.6) is 5.75 Å². The summed E-state index contributed by atoms with van der Waals surface area (Å²) in [5.74, 6) is 0.717. The monoisotopic (exact) mass is 274 g/mol. The van der Waals surface area contributed by atoms with Gasteiger partial charge < -0.3 is 9.84 Å². The molecule has 0 aromatic heterocycles. The number of aliphatic hydroxyl groups is 1. The molecule has 0 saturated heterocycles. The number of benzene rings is 2.